The summed E-state index contributed by atoms with van der Waals surface area (Å²) in [6.45, 7) is 0.00638. The van der Waals surface area contributed by atoms with Crippen LogP contribution in [0.4, 0.5) is 5.69 Å². The zero-order valence-electron chi connectivity index (χ0n) is 10.3. The third-order valence-electron chi connectivity index (χ3n) is 2.36. The van der Waals surface area contributed by atoms with Crippen LogP contribution in [0.25, 0.3) is 0 Å². The third kappa shape index (κ3) is 3.37. The monoisotopic (exact) mass is 423 g/mol. The molecular formula is C10H11Br2N5O2S. The van der Waals surface area contributed by atoms with Gasteiger partial charge in [0, 0.05) is 21.7 Å². The van der Waals surface area contributed by atoms with E-state index in [2.05, 4.69) is 46.7 Å². The predicted molar refractivity (Wildman–Crippen MR) is 81.3 cm³/mol. The van der Waals surface area contributed by atoms with Crippen LogP contribution in [-0.4, -0.2) is 23.2 Å². The number of sulfonamides is 1. The molecule has 0 bridgehead atoms. The average Bonchev–Trinajstić information content (AvgIpc) is 2.71. The lowest BCUT2D eigenvalue weighted by atomic mass is 10.3. The molecule has 1 aromatic heterocycles. The Kier molecular flexibility index (Phi) is 4.47. The van der Waals surface area contributed by atoms with Gasteiger partial charge in [-0.25, -0.2) is 18.1 Å². The number of nitrogens with one attached hydrogen (secondary N) is 1. The summed E-state index contributed by atoms with van der Waals surface area (Å²) in [5.74, 6) is 0.388. The second-order valence-electron chi connectivity index (χ2n) is 3.97. The van der Waals surface area contributed by atoms with E-state index in [0.29, 0.717) is 20.5 Å². The van der Waals surface area contributed by atoms with E-state index in [0.717, 1.165) is 0 Å². The lowest BCUT2D eigenvalue weighted by molar-refractivity contribution is 0.577. The zero-order chi connectivity index (χ0) is 14.9. The highest BCUT2D eigenvalue weighted by molar-refractivity contribution is 9.11. The largest absolute Gasteiger partial charge is 0.399 e. The molecule has 7 nitrogen and oxygen atoms in total. The molecular weight excluding hydrogens is 414 g/mol. The summed E-state index contributed by atoms with van der Waals surface area (Å²) in [4.78, 5) is 4.04. The van der Waals surface area contributed by atoms with E-state index in [1.54, 1.807) is 7.05 Å². The lowest BCUT2D eigenvalue weighted by Gasteiger charge is -2.10. The van der Waals surface area contributed by atoms with Crippen LogP contribution in [0.3, 0.4) is 0 Å². The number of rotatable bonds is 4. The summed E-state index contributed by atoms with van der Waals surface area (Å²) in [5.41, 5.74) is 6.09. The molecule has 0 radical (unpaired) electrons. The Morgan fingerprint density at radius 2 is 1.95 bits per heavy atom. The molecule has 0 aliphatic carbocycles. The van der Waals surface area contributed by atoms with Crippen molar-refractivity contribution < 1.29 is 8.42 Å². The van der Waals surface area contributed by atoms with Crippen molar-refractivity contribution >= 4 is 47.6 Å². The first-order chi connectivity index (χ1) is 9.29. The molecule has 0 saturated heterocycles. The summed E-state index contributed by atoms with van der Waals surface area (Å²) in [6.07, 6.45) is 1.50. The van der Waals surface area contributed by atoms with Gasteiger partial charge in [-0.1, -0.05) is 0 Å². The number of hydrogen-bond acceptors (Lipinski definition) is 5. The minimum Gasteiger partial charge on any atom is -0.399 e. The third-order valence-corrected chi connectivity index (χ3v) is 5.63. The predicted octanol–water partition coefficient (Wildman–Crippen LogP) is 1.40. The fourth-order valence-electron chi connectivity index (χ4n) is 1.53. The molecule has 0 atom stereocenters. The van der Waals surface area contributed by atoms with Crippen molar-refractivity contribution in [1.29, 1.82) is 0 Å². The van der Waals surface area contributed by atoms with Crippen molar-refractivity contribution in [3.8, 4) is 0 Å². The van der Waals surface area contributed by atoms with E-state index in [1.165, 1.54) is 23.1 Å². The first-order valence-corrected chi connectivity index (χ1v) is 8.45. The molecule has 10 heteroatoms. The summed E-state index contributed by atoms with van der Waals surface area (Å²) in [6, 6.07) is 3.05. The van der Waals surface area contributed by atoms with Crippen LogP contribution in [0.5, 0.6) is 0 Å². The maximum Gasteiger partial charge on any atom is 0.243 e. The quantitative estimate of drug-likeness (QED) is 0.722. The molecule has 20 heavy (non-hydrogen) atoms. The fourth-order valence-corrected chi connectivity index (χ4v) is 5.13. The van der Waals surface area contributed by atoms with E-state index in [-0.39, 0.29) is 11.4 Å². The number of aryl methyl sites for hydroxylation is 1. The Hall–Kier alpha value is -0.970. The number of aromatic nitrogens is 3. The smallest absolute Gasteiger partial charge is 0.243 e. The number of hydrogen-bond donors (Lipinski definition) is 2. The summed E-state index contributed by atoms with van der Waals surface area (Å²) in [5, 5.41) is 4.00. The van der Waals surface area contributed by atoms with Gasteiger partial charge in [-0.05, 0) is 44.0 Å². The topological polar surface area (TPSA) is 103 Å². The number of halogens is 2. The van der Waals surface area contributed by atoms with E-state index in [1.807, 2.05) is 0 Å². The molecule has 3 N–H and O–H groups in total. The standard InChI is InChI=1S/C10H11Br2N5O2S/c1-17-5-14-9(16-17)4-15-20(18,19)10-7(11)2-6(13)3-8(10)12/h2-3,5,15H,4,13H2,1H3. The van der Waals surface area contributed by atoms with Gasteiger partial charge in [0.05, 0.1) is 6.54 Å². The fraction of sp³-hybridized carbons (Fsp3) is 0.200. The minimum absolute atomic E-state index is 0.00638. The maximum absolute atomic E-state index is 12.3. The summed E-state index contributed by atoms with van der Waals surface area (Å²) in [7, 11) is -2.01. The maximum atomic E-state index is 12.3. The molecule has 0 unspecified atom stereocenters. The highest BCUT2D eigenvalue weighted by Gasteiger charge is 2.22. The lowest BCUT2D eigenvalue weighted by Crippen LogP contribution is -2.24. The Balaban J connectivity index is 2.27. The van der Waals surface area contributed by atoms with Crippen molar-refractivity contribution in [2.75, 3.05) is 5.73 Å². The van der Waals surface area contributed by atoms with Crippen molar-refractivity contribution in [1.82, 2.24) is 19.5 Å². The van der Waals surface area contributed by atoms with Gasteiger partial charge in [0.2, 0.25) is 10.0 Å². The number of nitrogens with two attached hydrogens (primary N) is 1. The first kappa shape index (κ1) is 15.4. The number of anilines is 1. The summed E-state index contributed by atoms with van der Waals surface area (Å²) < 4.78 is 29.3. The Labute approximate surface area is 132 Å². The van der Waals surface area contributed by atoms with E-state index < -0.39 is 10.0 Å². The van der Waals surface area contributed by atoms with Gasteiger partial charge in [0.25, 0.3) is 0 Å². The molecule has 108 valence electrons. The van der Waals surface area contributed by atoms with Crippen LogP contribution in [0.2, 0.25) is 0 Å². The van der Waals surface area contributed by atoms with Gasteiger partial charge >= 0.3 is 0 Å². The molecule has 0 spiro atoms. The molecule has 0 aliphatic heterocycles. The molecule has 2 rings (SSSR count). The molecule has 2 aromatic rings. The molecule has 0 aliphatic rings. The van der Waals surface area contributed by atoms with Crippen LogP contribution in [0, 0.1) is 0 Å². The molecule has 0 amide bonds. The highest BCUT2D eigenvalue weighted by Crippen LogP contribution is 2.32. The number of nitrogen functional groups attached to an aromatic ring is 1. The van der Waals surface area contributed by atoms with Crippen molar-refractivity contribution in [2.45, 2.75) is 11.4 Å². The minimum atomic E-state index is -3.72. The normalized spacial score (nSPS) is 11.8. The zero-order valence-corrected chi connectivity index (χ0v) is 14.3. The van der Waals surface area contributed by atoms with Gasteiger partial charge in [-0.3, -0.25) is 4.68 Å². The first-order valence-electron chi connectivity index (χ1n) is 5.38. The Bertz CT molecular complexity index is 721. The van der Waals surface area contributed by atoms with E-state index in [4.69, 9.17) is 5.73 Å². The van der Waals surface area contributed by atoms with Crippen LogP contribution < -0.4 is 10.5 Å². The van der Waals surface area contributed by atoms with Crippen LogP contribution in [0.1, 0.15) is 5.82 Å². The van der Waals surface area contributed by atoms with Crippen molar-refractivity contribution in [2.24, 2.45) is 7.05 Å². The number of nitrogens with zero attached hydrogens (tertiary/aromatic N) is 3. The van der Waals surface area contributed by atoms with Gasteiger partial charge in [-0.15, -0.1) is 0 Å². The van der Waals surface area contributed by atoms with Gasteiger partial charge < -0.3 is 5.73 Å². The summed E-state index contributed by atoms with van der Waals surface area (Å²) >= 11 is 6.40. The second-order valence-corrected chi connectivity index (χ2v) is 7.39. The van der Waals surface area contributed by atoms with Crippen LogP contribution in [0.15, 0.2) is 32.3 Å². The SMILES string of the molecule is Cn1cnc(CNS(=O)(=O)c2c(Br)cc(N)cc2Br)n1. The Morgan fingerprint density at radius 1 is 1.35 bits per heavy atom. The van der Waals surface area contributed by atoms with E-state index in [9.17, 15) is 8.42 Å². The number of benzene rings is 1. The Morgan fingerprint density at radius 3 is 2.45 bits per heavy atom. The molecule has 1 aromatic carbocycles. The molecule has 0 saturated carbocycles. The molecule has 0 fully saturated rings. The second kappa shape index (κ2) is 5.80. The van der Waals surface area contributed by atoms with Crippen molar-refractivity contribution in [3.63, 3.8) is 0 Å². The van der Waals surface area contributed by atoms with Gasteiger partial charge in [0.1, 0.15) is 11.2 Å². The van der Waals surface area contributed by atoms with Crippen molar-refractivity contribution in [3.05, 3.63) is 33.2 Å². The van der Waals surface area contributed by atoms with E-state index >= 15 is 0 Å². The van der Waals surface area contributed by atoms with Crippen LogP contribution in [-0.2, 0) is 23.6 Å². The molecule has 1 heterocycles. The van der Waals surface area contributed by atoms with Gasteiger partial charge in [-0.2, -0.15) is 5.10 Å². The highest BCUT2D eigenvalue weighted by atomic mass is 79.9. The van der Waals surface area contributed by atoms with Crippen LogP contribution >= 0.6 is 31.9 Å². The van der Waals surface area contributed by atoms with Gasteiger partial charge in [0.15, 0.2) is 5.82 Å². The average molecular weight is 425 g/mol.